The molecule has 16 heavy (non-hydrogen) atoms. The number of alkyl halides is 4. The smallest absolute Gasteiger partial charge is 0.255 e. The molecule has 0 amide bonds. The van der Waals surface area contributed by atoms with Crippen LogP contribution in [0, 0.1) is 29.1 Å². The van der Waals surface area contributed by atoms with Gasteiger partial charge in [0.1, 0.15) is 0 Å². The molecule has 0 radical (unpaired) electrons. The van der Waals surface area contributed by atoms with Crippen molar-refractivity contribution in [3.05, 3.63) is 0 Å². The molecular formula is C10H11F4NO. The van der Waals surface area contributed by atoms with Crippen molar-refractivity contribution in [2.45, 2.75) is 37.9 Å². The summed E-state index contributed by atoms with van der Waals surface area (Å²) in [6.07, 6.45) is -6.81. The highest BCUT2D eigenvalue weighted by Gasteiger charge is 2.68. The summed E-state index contributed by atoms with van der Waals surface area (Å²) in [4.78, 5) is 0. The van der Waals surface area contributed by atoms with Gasteiger partial charge in [0.15, 0.2) is 0 Å². The molecule has 2 aliphatic rings. The Morgan fingerprint density at radius 3 is 2.50 bits per heavy atom. The van der Waals surface area contributed by atoms with Crippen LogP contribution in [-0.4, -0.2) is 12.2 Å². The summed E-state index contributed by atoms with van der Waals surface area (Å²) in [5, 5.41) is 8.52. The van der Waals surface area contributed by atoms with Gasteiger partial charge in [0.2, 0.25) is 0 Å². The van der Waals surface area contributed by atoms with Crippen molar-refractivity contribution in [2.75, 3.05) is 0 Å². The number of rotatable bonds is 1. The van der Waals surface area contributed by atoms with Gasteiger partial charge in [-0.2, -0.15) is 22.8 Å². The molecule has 0 spiro atoms. The maximum absolute atomic E-state index is 13.3. The molecule has 2 rings (SSSR count). The van der Waals surface area contributed by atoms with Gasteiger partial charge in [0.05, 0.1) is 17.9 Å². The minimum absolute atomic E-state index is 0.0369. The molecule has 0 aromatic rings. The third kappa shape index (κ3) is 1.67. The standard InChI is InChI=1S/C10H11F4NO/c11-9(12)7-3-1-2-6(4-5-15)8(7)10(13,14)16-9/h6-8H,1-4H2. The first-order valence-electron chi connectivity index (χ1n) is 5.21. The van der Waals surface area contributed by atoms with Gasteiger partial charge in [-0.15, -0.1) is 0 Å². The lowest BCUT2D eigenvalue weighted by Crippen LogP contribution is -2.37. The van der Waals surface area contributed by atoms with Gasteiger partial charge in [-0.05, 0) is 18.8 Å². The normalized spacial score (nSPS) is 40.1. The topological polar surface area (TPSA) is 33.0 Å². The Hall–Kier alpha value is -0.830. The van der Waals surface area contributed by atoms with E-state index in [9.17, 15) is 17.6 Å². The van der Waals surface area contributed by atoms with Crippen LogP contribution in [0.15, 0.2) is 0 Å². The Bertz CT molecular complexity index is 325. The van der Waals surface area contributed by atoms with E-state index in [0.29, 0.717) is 12.8 Å². The molecule has 3 atom stereocenters. The first-order chi connectivity index (χ1) is 7.38. The number of hydrogen-bond acceptors (Lipinski definition) is 2. The van der Waals surface area contributed by atoms with Crippen molar-refractivity contribution < 1.29 is 22.3 Å². The maximum Gasteiger partial charge on any atom is 0.363 e. The highest BCUT2D eigenvalue weighted by molar-refractivity contribution is 4.98. The first-order valence-corrected chi connectivity index (χ1v) is 5.21. The zero-order valence-electron chi connectivity index (χ0n) is 8.43. The second-order valence-corrected chi connectivity index (χ2v) is 4.41. The van der Waals surface area contributed by atoms with E-state index in [0.717, 1.165) is 0 Å². The summed E-state index contributed by atoms with van der Waals surface area (Å²) in [6, 6.07) is 1.78. The van der Waals surface area contributed by atoms with Gasteiger partial charge < -0.3 is 0 Å². The van der Waals surface area contributed by atoms with Crippen LogP contribution in [0.2, 0.25) is 0 Å². The quantitative estimate of drug-likeness (QED) is 0.656. The van der Waals surface area contributed by atoms with Crippen LogP contribution in [0.25, 0.3) is 0 Å². The number of hydrogen-bond donors (Lipinski definition) is 0. The fourth-order valence-electron chi connectivity index (χ4n) is 2.84. The molecule has 0 aromatic carbocycles. The molecule has 3 unspecified atom stereocenters. The lowest BCUT2D eigenvalue weighted by Gasteiger charge is -2.33. The molecule has 1 saturated heterocycles. The third-order valence-corrected chi connectivity index (χ3v) is 3.48. The van der Waals surface area contributed by atoms with Crippen LogP contribution >= 0.6 is 0 Å². The summed E-state index contributed by atoms with van der Waals surface area (Å²) < 4.78 is 56.7. The van der Waals surface area contributed by atoms with E-state index in [1.54, 1.807) is 6.07 Å². The highest BCUT2D eigenvalue weighted by Crippen LogP contribution is 2.58. The Morgan fingerprint density at radius 1 is 1.19 bits per heavy atom. The summed E-state index contributed by atoms with van der Waals surface area (Å²) in [5.41, 5.74) is 0. The first kappa shape index (κ1) is 11.6. The Morgan fingerprint density at radius 2 is 1.88 bits per heavy atom. The summed E-state index contributed by atoms with van der Waals surface area (Å²) in [7, 11) is 0. The van der Waals surface area contributed by atoms with Crippen molar-refractivity contribution in [1.82, 2.24) is 0 Å². The molecular weight excluding hydrogens is 226 g/mol. The minimum Gasteiger partial charge on any atom is -0.255 e. The van der Waals surface area contributed by atoms with Crippen LogP contribution in [0.4, 0.5) is 17.6 Å². The molecule has 6 heteroatoms. The molecule has 0 aromatic heterocycles. The lowest BCUT2D eigenvalue weighted by atomic mass is 9.71. The van der Waals surface area contributed by atoms with Crippen molar-refractivity contribution in [3.63, 3.8) is 0 Å². The number of nitrogens with zero attached hydrogens (tertiary/aromatic N) is 1. The monoisotopic (exact) mass is 237 g/mol. The van der Waals surface area contributed by atoms with E-state index >= 15 is 0 Å². The number of nitriles is 1. The van der Waals surface area contributed by atoms with Crippen molar-refractivity contribution in [1.29, 1.82) is 5.26 Å². The summed E-state index contributed by atoms with van der Waals surface area (Å²) in [5.74, 6) is -3.65. The van der Waals surface area contributed by atoms with Gasteiger partial charge in [0, 0.05) is 6.42 Å². The van der Waals surface area contributed by atoms with Gasteiger partial charge in [-0.3, -0.25) is 4.74 Å². The number of halogens is 4. The molecule has 90 valence electrons. The van der Waals surface area contributed by atoms with Crippen LogP contribution in [0.1, 0.15) is 25.7 Å². The van der Waals surface area contributed by atoms with Gasteiger partial charge in [-0.25, -0.2) is 0 Å². The predicted octanol–water partition coefficient (Wildman–Crippen LogP) is 3.15. The number of fused-ring (bicyclic) bond motifs is 1. The molecule has 1 aliphatic heterocycles. The molecule has 0 bridgehead atoms. The Balaban J connectivity index is 2.29. The van der Waals surface area contributed by atoms with Crippen molar-refractivity contribution >= 4 is 0 Å². The second kappa shape index (κ2) is 3.59. The fourth-order valence-corrected chi connectivity index (χ4v) is 2.84. The Kier molecular flexibility index (Phi) is 2.61. The van der Waals surface area contributed by atoms with Crippen LogP contribution in [0.5, 0.6) is 0 Å². The van der Waals surface area contributed by atoms with Gasteiger partial charge >= 0.3 is 12.2 Å². The van der Waals surface area contributed by atoms with Crippen LogP contribution in [-0.2, 0) is 4.74 Å². The van der Waals surface area contributed by atoms with E-state index in [4.69, 9.17) is 5.26 Å². The summed E-state index contributed by atoms with van der Waals surface area (Å²) in [6.45, 7) is 0. The highest BCUT2D eigenvalue weighted by atomic mass is 19.3. The van der Waals surface area contributed by atoms with E-state index in [1.807, 2.05) is 0 Å². The van der Waals surface area contributed by atoms with E-state index in [1.165, 1.54) is 0 Å². The average molecular weight is 237 g/mol. The van der Waals surface area contributed by atoms with Crippen LogP contribution in [0.3, 0.4) is 0 Å². The van der Waals surface area contributed by atoms with Gasteiger partial charge in [-0.1, -0.05) is 6.42 Å². The molecule has 1 saturated carbocycles. The van der Waals surface area contributed by atoms with E-state index < -0.39 is 30.0 Å². The molecule has 2 fully saturated rings. The fraction of sp³-hybridized carbons (Fsp3) is 0.900. The zero-order chi connectivity index (χ0) is 12.0. The zero-order valence-corrected chi connectivity index (χ0v) is 8.43. The molecule has 2 nitrogen and oxygen atoms in total. The predicted molar refractivity (Wildman–Crippen MR) is 45.5 cm³/mol. The van der Waals surface area contributed by atoms with E-state index in [-0.39, 0.29) is 12.8 Å². The molecule has 1 heterocycles. The van der Waals surface area contributed by atoms with Crippen LogP contribution < -0.4 is 0 Å². The summed E-state index contributed by atoms with van der Waals surface area (Å²) >= 11 is 0. The third-order valence-electron chi connectivity index (χ3n) is 3.48. The van der Waals surface area contributed by atoms with Crippen molar-refractivity contribution in [2.24, 2.45) is 17.8 Å². The number of ether oxygens (including phenoxy) is 1. The maximum atomic E-state index is 13.3. The minimum atomic E-state index is -3.81. The molecule has 1 aliphatic carbocycles. The average Bonchev–Trinajstić information content (AvgIpc) is 2.34. The largest absolute Gasteiger partial charge is 0.363 e. The van der Waals surface area contributed by atoms with Gasteiger partial charge in [0.25, 0.3) is 0 Å². The SMILES string of the molecule is N#CCC1CCCC2C1C(F)(F)OC2(F)F. The Labute approximate surface area is 90.2 Å². The lowest BCUT2D eigenvalue weighted by molar-refractivity contribution is -0.342. The van der Waals surface area contributed by atoms with Crippen molar-refractivity contribution in [3.8, 4) is 6.07 Å². The second-order valence-electron chi connectivity index (χ2n) is 4.41. The van der Waals surface area contributed by atoms with E-state index in [2.05, 4.69) is 4.74 Å². The molecule has 0 N–H and O–H groups in total.